The number of likely N-dealkylation sites (tertiary alicyclic amines) is 1. The summed E-state index contributed by atoms with van der Waals surface area (Å²) in [4.78, 5) is 24.5. The number of benzene rings is 1. The number of carboxylic acid groups (broad SMARTS) is 1. The first-order valence-electron chi connectivity index (χ1n) is 6.50. The molecule has 0 aromatic heterocycles. The Kier molecular flexibility index (Phi) is 4.40. The first-order valence-corrected chi connectivity index (χ1v) is 6.50. The number of rotatable bonds is 4. The summed E-state index contributed by atoms with van der Waals surface area (Å²) in [6.45, 7) is 0.315. The topological polar surface area (TPSA) is 66.8 Å². The quantitative estimate of drug-likeness (QED) is 0.924. The minimum atomic E-state index is -1.04. The molecule has 0 unspecified atom stereocenters. The van der Waals surface area contributed by atoms with Crippen molar-refractivity contribution in [1.29, 1.82) is 0 Å². The van der Waals surface area contributed by atoms with Gasteiger partial charge in [-0.3, -0.25) is 9.59 Å². The number of methoxy groups -OCH3 is 1. The van der Waals surface area contributed by atoms with E-state index in [4.69, 9.17) is 9.84 Å². The maximum Gasteiger partial charge on any atom is 0.305 e. The molecule has 1 N–H and O–H groups in total. The number of aliphatic carboxylic acids is 1. The lowest BCUT2D eigenvalue weighted by Crippen LogP contribution is -2.37. The number of hydrogen-bond donors (Lipinski definition) is 1. The molecule has 1 aliphatic rings. The van der Waals surface area contributed by atoms with E-state index in [2.05, 4.69) is 0 Å². The van der Waals surface area contributed by atoms with Crippen LogP contribution in [0.3, 0.4) is 0 Å². The number of carbonyl (C=O) groups excluding carboxylic acids is 1. The fraction of sp³-hybridized carbons (Fsp3) is 0.429. The number of halogens is 2. The third kappa shape index (κ3) is 2.96. The fourth-order valence-corrected chi connectivity index (χ4v) is 2.59. The van der Waals surface area contributed by atoms with Crippen LogP contribution < -0.4 is 4.74 Å². The SMILES string of the molecule is COc1c(F)ccc(F)c1C(=O)N1CCC[C@@H]1CC(=O)O. The lowest BCUT2D eigenvalue weighted by Gasteiger charge is -2.24. The molecule has 0 radical (unpaired) electrons. The monoisotopic (exact) mass is 299 g/mol. The highest BCUT2D eigenvalue weighted by molar-refractivity contribution is 5.97. The zero-order valence-corrected chi connectivity index (χ0v) is 11.4. The highest BCUT2D eigenvalue weighted by Crippen LogP contribution is 2.30. The summed E-state index contributed by atoms with van der Waals surface area (Å²) in [5, 5.41) is 8.85. The van der Waals surface area contributed by atoms with Gasteiger partial charge in [0.15, 0.2) is 11.6 Å². The van der Waals surface area contributed by atoms with Crippen molar-refractivity contribution >= 4 is 11.9 Å². The van der Waals surface area contributed by atoms with Crippen LogP contribution in [0.5, 0.6) is 5.75 Å². The van der Waals surface area contributed by atoms with Gasteiger partial charge in [-0.25, -0.2) is 8.78 Å². The molecule has 2 rings (SSSR count). The number of amides is 1. The molecule has 1 amide bonds. The van der Waals surface area contributed by atoms with Crippen molar-refractivity contribution in [2.24, 2.45) is 0 Å². The molecule has 114 valence electrons. The molecule has 1 atom stereocenters. The van der Waals surface area contributed by atoms with Gasteiger partial charge in [0, 0.05) is 12.6 Å². The second-order valence-corrected chi connectivity index (χ2v) is 4.83. The first-order chi connectivity index (χ1) is 9.95. The van der Waals surface area contributed by atoms with Gasteiger partial charge in [-0.15, -0.1) is 0 Å². The Morgan fingerprint density at radius 2 is 2.05 bits per heavy atom. The zero-order valence-electron chi connectivity index (χ0n) is 11.4. The molecular weight excluding hydrogens is 284 g/mol. The van der Waals surface area contributed by atoms with E-state index in [1.807, 2.05) is 0 Å². The maximum atomic E-state index is 13.9. The van der Waals surface area contributed by atoms with Crippen LogP contribution >= 0.6 is 0 Å². The van der Waals surface area contributed by atoms with Crippen molar-refractivity contribution in [3.63, 3.8) is 0 Å². The number of hydrogen-bond acceptors (Lipinski definition) is 3. The van der Waals surface area contributed by atoms with Gasteiger partial charge in [0.05, 0.1) is 13.5 Å². The molecule has 0 spiro atoms. The molecule has 1 saturated heterocycles. The summed E-state index contributed by atoms with van der Waals surface area (Å²) < 4.78 is 32.3. The van der Waals surface area contributed by atoms with Crippen LogP contribution in [0.1, 0.15) is 29.6 Å². The van der Waals surface area contributed by atoms with E-state index < -0.39 is 40.9 Å². The summed E-state index contributed by atoms with van der Waals surface area (Å²) in [5.41, 5.74) is -0.491. The smallest absolute Gasteiger partial charge is 0.305 e. The highest BCUT2D eigenvalue weighted by atomic mass is 19.1. The molecule has 5 nitrogen and oxygen atoms in total. The molecular formula is C14H15F2NO4. The van der Waals surface area contributed by atoms with E-state index in [1.165, 1.54) is 4.90 Å². The van der Waals surface area contributed by atoms with Gasteiger partial charge in [0.1, 0.15) is 11.4 Å². The van der Waals surface area contributed by atoms with E-state index in [-0.39, 0.29) is 6.42 Å². The Morgan fingerprint density at radius 3 is 2.67 bits per heavy atom. The molecule has 1 aliphatic heterocycles. The van der Waals surface area contributed by atoms with Gasteiger partial charge in [-0.2, -0.15) is 0 Å². The molecule has 1 aromatic carbocycles. The van der Waals surface area contributed by atoms with E-state index in [0.717, 1.165) is 19.2 Å². The first kappa shape index (κ1) is 15.2. The number of carbonyl (C=O) groups is 2. The Bertz CT molecular complexity index is 576. The second kappa shape index (κ2) is 6.07. The van der Waals surface area contributed by atoms with Crippen LogP contribution in [0.4, 0.5) is 8.78 Å². The van der Waals surface area contributed by atoms with E-state index in [0.29, 0.717) is 19.4 Å². The van der Waals surface area contributed by atoms with Gasteiger partial charge < -0.3 is 14.7 Å². The Balaban J connectivity index is 2.36. The molecule has 1 heterocycles. The molecule has 21 heavy (non-hydrogen) atoms. The average molecular weight is 299 g/mol. The average Bonchev–Trinajstić information content (AvgIpc) is 2.87. The van der Waals surface area contributed by atoms with E-state index >= 15 is 0 Å². The van der Waals surface area contributed by atoms with Gasteiger partial charge in [0.25, 0.3) is 5.91 Å². The van der Waals surface area contributed by atoms with Crippen molar-refractivity contribution in [1.82, 2.24) is 4.90 Å². The van der Waals surface area contributed by atoms with Crippen molar-refractivity contribution < 1.29 is 28.2 Å². The molecule has 1 fully saturated rings. The van der Waals surface area contributed by atoms with Crippen LogP contribution in [0.2, 0.25) is 0 Å². The summed E-state index contributed by atoms with van der Waals surface area (Å²) in [6.07, 6.45) is 0.936. The van der Waals surface area contributed by atoms with Gasteiger partial charge >= 0.3 is 5.97 Å². The van der Waals surface area contributed by atoms with Gasteiger partial charge in [-0.05, 0) is 25.0 Å². The van der Waals surface area contributed by atoms with Crippen molar-refractivity contribution in [3.8, 4) is 5.75 Å². The third-order valence-corrected chi connectivity index (χ3v) is 3.53. The Hall–Kier alpha value is -2.18. The molecule has 0 bridgehead atoms. The molecule has 0 aliphatic carbocycles. The largest absolute Gasteiger partial charge is 0.493 e. The minimum Gasteiger partial charge on any atom is -0.493 e. The fourth-order valence-electron chi connectivity index (χ4n) is 2.59. The minimum absolute atomic E-state index is 0.217. The van der Waals surface area contributed by atoms with Crippen molar-refractivity contribution in [2.45, 2.75) is 25.3 Å². The predicted molar refractivity (Wildman–Crippen MR) is 69.2 cm³/mol. The van der Waals surface area contributed by atoms with Crippen LogP contribution in [-0.4, -0.2) is 41.6 Å². The lowest BCUT2D eigenvalue weighted by atomic mass is 10.1. The summed E-state index contributed by atoms with van der Waals surface area (Å²) >= 11 is 0. The van der Waals surface area contributed by atoms with Crippen LogP contribution in [0, 0.1) is 11.6 Å². The standard InChI is InChI=1S/C14H15F2NO4/c1-21-13-10(16)5-4-9(15)12(13)14(20)17-6-2-3-8(17)7-11(18)19/h4-5,8H,2-3,6-7H2,1H3,(H,18,19)/t8-/m1/s1. The normalized spacial score (nSPS) is 17.9. The molecule has 7 heteroatoms. The van der Waals surface area contributed by atoms with Gasteiger partial charge in [0.2, 0.25) is 0 Å². The number of carboxylic acids is 1. The van der Waals surface area contributed by atoms with Crippen LogP contribution in [0.15, 0.2) is 12.1 Å². The van der Waals surface area contributed by atoms with Crippen molar-refractivity contribution in [2.75, 3.05) is 13.7 Å². The highest BCUT2D eigenvalue weighted by Gasteiger charge is 2.34. The predicted octanol–water partition coefficient (Wildman–Crippen LogP) is 2.05. The zero-order chi connectivity index (χ0) is 15.6. The third-order valence-electron chi connectivity index (χ3n) is 3.53. The van der Waals surface area contributed by atoms with E-state index in [9.17, 15) is 18.4 Å². The Labute approximate surface area is 120 Å². The molecule has 0 saturated carbocycles. The number of ether oxygens (including phenoxy) is 1. The summed E-state index contributed by atoms with van der Waals surface area (Å²) in [5.74, 6) is -3.96. The second-order valence-electron chi connectivity index (χ2n) is 4.83. The van der Waals surface area contributed by atoms with E-state index in [1.54, 1.807) is 0 Å². The van der Waals surface area contributed by atoms with Crippen LogP contribution in [0.25, 0.3) is 0 Å². The summed E-state index contributed by atoms with van der Waals surface area (Å²) in [7, 11) is 1.15. The van der Waals surface area contributed by atoms with Crippen LogP contribution in [-0.2, 0) is 4.79 Å². The maximum absolute atomic E-state index is 13.9. The number of nitrogens with zero attached hydrogens (tertiary/aromatic N) is 1. The lowest BCUT2D eigenvalue weighted by molar-refractivity contribution is -0.137. The van der Waals surface area contributed by atoms with Gasteiger partial charge in [-0.1, -0.05) is 0 Å². The Morgan fingerprint density at radius 1 is 1.38 bits per heavy atom. The van der Waals surface area contributed by atoms with Crippen molar-refractivity contribution in [3.05, 3.63) is 29.3 Å². The summed E-state index contributed by atoms with van der Waals surface area (Å²) in [6, 6.07) is 1.22. The molecule has 1 aromatic rings.